The van der Waals surface area contributed by atoms with Crippen molar-refractivity contribution in [3.8, 4) is 0 Å². The summed E-state index contributed by atoms with van der Waals surface area (Å²) in [7, 11) is 1.26. The van der Waals surface area contributed by atoms with Crippen LogP contribution in [0.1, 0.15) is 15.9 Å². The zero-order valence-electron chi connectivity index (χ0n) is 12.4. The number of hydrogen-bond acceptors (Lipinski definition) is 4. The van der Waals surface area contributed by atoms with Crippen LogP contribution in [-0.2, 0) is 9.53 Å². The Morgan fingerprint density at radius 3 is 2.65 bits per heavy atom. The van der Waals surface area contributed by atoms with Gasteiger partial charge in [0, 0.05) is 6.08 Å². The highest BCUT2D eigenvalue weighted by molar-refractivity contribution is 6.06. The average Bonchev–Trinajstić information content (AvgIpc) is 2.55. The predicted molar refractivity (Wildman–Crippen MR) is 86.3 cm³/mol. The molecule has 2 aromatic carbocycles. The van der Waals surface area contributed by atoms with Gasteiger partial charge >= 0.3 is 5.97 Å². The topological polar surface area (TPSA) is 81.4 Å². The number of esters is 1. The van der Waals surface area contributed by atoms with Crippen LogP contribution in [0.15, 0.2) is 48.5 Å². The van der Waals surface area contributed by atoms with Crippen molar-refractivity contribution in [2.75, 3.05) is 18.2 Å². The Kier molecular flexibility index (Phi) is 5.09. The molecule has 0 atom stereocenters. The smallest absolute Gasteiger partial charge is 0.339 e. The van der Waals surface area contributed by atoms with Crippen LogP contribution in [0, 0.1) is 5.82 Å². The summed E-state index contributed by atoms with van der Waals surface area (Å²) >= 11 is 0. The summed E-state index contributed by atoms with van der Waals surface area (Å²) in [6.45, 7) is 0. The van der Waals surface area contributed by atoms with Crippen molar-refractivity contribution in [2.24, 2.45) is 0 Å². The third kappa shape index (κ3) is 4.16. The molecule has 0 aliphatic carbocycles. The summed E-state index contributed by atoms with van der Waals surface area (Å²) in [6, 6.07) is 10.6. The monoisotopic (exact) mass is 314 g/mol. The highest BCUT2D eigenvalue weighted by Gasteiger charge is 2.11. The number of halogens is 1. The highest BCUT2D eigenvalue weighted by atomic mass is 19.1. The summed E-state index contributed by atoms with van der Waals surface area (Å²) in [5.74, 6) is -1.50. The molecule has 6 heteroatoms. The van der Waals surface area contributed by atoms with Gasteiger partial charge in [0.05, 0.1) is 24.0 Å². The van der Waals surface area contributed by atoms with Crippen LogP contribution in [0.25, 0.3) is 6.08 Å². The molecule has 0 bridgehead atoms. The Balaban J connectivity index is 2.12. The quantitative estimate of drug-likeness (QED) is 0.516. The van der Waals surface area contributed by atoms with Crippen LogP contribution < -0.4 is 11.1 Å². The SMILES string of the molecule is COC(=O)c1ccccc1NC(=O)/C=C/c1ccc(F)c(N)c1. The van der Waals surface area contributed by atoms with E-state index in [9.17, 15) is 14.0 Å². The maximum Gasteiger partial charge on any atom is 0.339 e. The minimum Gasteiger partial charge on any atom is -0.465 e. The van der Waals surface area contributed by atoms with Gasteiger partial charge in [-0.1, -0.05) is 18.2 Å². The molecule has 0 saturated carbocycles. The van der Waals surface area contributed by atoms with Gasteiger partial charge in [0.15, 0.2) is 0 Å². The van der Waals surface area contributed by atoms with Gasteiger partial charge in [-0.05, 0) is 35.9 Å². The second-order valence-electron chi connectivity index (χ2n) is 4.64. The molecular formula is C17H15FN2O3. The van der Waals surface area contributed by atoms with E-state index in [1.54, 1.807) is 24.3 Å². The maximum absolute atomic E-state index is 13.1. The van der Waals surface area contributed by atoms with Crippen molar-refractivity contribution < 1.29 is 18.7 Å². The van der Waals surface area contributed by atoms with E-state index in [4.69, 9.17) is 5.73 Å². The normalized spacial score (nSPS) is 10.5. The second kappa shape index (κ2) is 7.22. The number of rotatable bonds is 4. The Morgan fingerprint density at radius 1 is 1.22 bits per heavy atom. The molecule has 0 spiro atoms. The first-order valence-electron chi connectivity index (χ1n) is 6.72. The van der Waals surface area contributed by atoms with Gasteiger partial charge in [-0.3, -0.25) is 4.79 Å². The van der Waals surface area contributed by atoms with Gasteiger partial charge in [0.2, 0.25) is 5.91 Å². The van der Waals surface area contributed by atoms with Gasteiger partial charge < -0.3 is 15.8 Å². The van der Waals surface area contributed by atoms with Crippen molar-refractivity contribution in [2.45, 2.75) is 0 Å². The van der Waals surface area contributed by atoms with Crippen LogP contribution >= 0.6 is 0 Å². The number of amides is 1. The number of anilines is 2. The molecule has 0 heterocycles. The standard InChI is InChI=1S/C17H15FN2O3/c1-23-17(22)12-4-2-3-5-15(12)20-16(21)9-7-11-6-8-13(18)14(19)10-11/h2-10H,19H2,1H3,(H,20,21)/b9-7+. The molecule has 23 heavy (non-hydrogen) atoms. The van der Waals surface area contributed by atoms with Crippen molar-refractivity contribution >= 4 is 29.3 Å². The van der Waals surface area contributed by atoms with Gasteiger partial charge in [-0.15, -0.1) is 0 Å². The molecule has 0 aliphatic rings. The molecule has 2 aromatic rings. The zero-order valence-corrected chi connectivity index (χ0v) is 12.4. The molecular weight excluding hydrogens is 299 g/mol. The Bertz CT molecular complexity index is 772. The minimum absolute atomic E-state index is 0.00333. The lowest BCUT2D eigenvalue weighted by Gasteiger charge is -2.07. The van der Waals surface area contributed by atoms with Crippen LogP contribution in [0.2, 0.25) is 0 Å². The summed E-state index contributed by atoms with van der Waals surface area (Å²) in [5, 5.41) is 2.59. The Hall–Kier alpha value is -3.15. The predicted octanol–water partition coefficient (Wildman–Crippen LogP) is 2.85. The van der Waals surface area contributed by atoms with Gasteiger partial charge in [-0.2, -0.15) is 0 Å². The zero-order chi connectivity index (χ0) is 16.8. The van der Waals surface area contributed by atoms with Gasteiger partial charge in [0.25, 0.3) is 0 Å². The van der Waals surface area contributed by atoms with Crippen LogP contribution in [0.3, 0.4) is 0 Å². The molecule has 1 amide bonds. The van der Waals surface area contributed by atoms with Crippen LogP contribution in [0.4, 0.5) is 15.8 Å². The van der Waals surface area contributed by atoms with E-state index in [2.05, 4.69) is 10.1 Å². The summed E-state index contributed by atoms with van der Waals surface area (Å²) in [5.41, 5.74) is 6.64. The van der Waals surface area contributed by atoms with E-state index in [-0.39, 0.29) is 11.3 Å². The van der Waals surface area contributed by atoms with E-state index >= 15 is 0 Å². The number of methoxy groups -OCH3 is 1. The van der Waals surface area contributed by atoms with Crippen molar-refractivity contribution in [1.82, 2.24) is 0 Å². The van der Waals surface area contributed by atoms with Crippen LogP contribution in [-0.4, -0.2) is 19.0 Å². The van der Waals surface area contributed by atoms with E-state index < -0.39 is 17.7 Å². The molecule has 0 aliphatic heterocycles. The number of nitrogen functional groups attached to an aromatic ring is 1. The number of nitrogens with two attached hydrogens (primary N) is 1. The second-order valence-corrected chi connectivity index (χ2v) is 4.64. The molecule has 0 unspecified atom stereocenters. The fourth-order valence-electron chi connectivity index (χ4n) is 1.89. The lowest BCUT2D eigenvalue weighted by atomic mass is 10.1. The number of para-hydroxylation sites is 1. The summed E-state index contributed by atoms with van der Waals surface area (Å²) < 4.78 is 17.7. The molecule has 5 nitrogen and oxygen atoms in total. The number of hydrogen-bond donors (Lipinski definition) is 2. The van der Waals surface area contributed by atoms with E-state index in [0.29, 0.717) is 11.3 Å². The number of ether oxygens (including phenoxy) is 1. The Morgan fingerprint density at radius 2 is 1.96 bits per heavy atom. The Labute approximate surface area is 132 Å². The number of benzene rings is 2. The molecule has 0 fully saturated rings. The largest absolute Gasteiger partial charge is 0.465 e. The summed E-state index contributed by atoms with van der Waals surface area (Å²) in [6.07, 6.45) is 2.76. The highest BCUT2D eigenvalue weighted by Crippen LogP contribution is 2.17. The fourth-order valence-corrected chi connectivity index (χ4v) is 1.89. The first-order chi connectivity index (χ1) is 11.0. The first-order valence-corrected chi connectivity index (χ1v) is 6.72. The number of carbonyl (C=O) groups is 2. The van der Waals surface area contributed by atoms with Gasteiger partial charge in [0.1, 0.15) is 5.82 Å². The van der Waals surface area contributed by atoms with Crippen LogP contribution in [0.5, 0.6) is 0 Å². The van der Waals surface area contributed by atoms with Crippen molar-refractivity contribution in [1.29, 1.82) is 0 Å². The minimum atomic E-state index is -0.545. The van der Waals surface area contributed by atoms with E-state index in [1.807, 2.05) is 0 Å². The average molecular weight is 314 g/mol. The van der Waals surface area contributed by atoms with E-state index in [0.717, 1.165) is 0 Å². The third-order valence-corrected chi connectivity index (χ3v) is 3.04. The molecule has 3 N–H and O–H groups in total. The third-order valence-electron chi connectivity index (χ3n) is 3.04. The fraction of sp³-hybridized carbons (Fsp3) is 0.0588. The molecule has 118 valence electrons. The lowest BCUT2D eigenvalue weighted by molar-refractivity contribution is -0.111. The van der Waals surface area contributed by atoms with Gasteiger partial charge in [-0.25, -0.2) is 9.18 Å². The molecule has 2 rings (SSSR count). The van der Waals surface area contributed by atoms with Crippen molar-refractivity contribution in [3.63, 3.8) is 0 Å². The van der Waals surface area contributed by atoms with Crippen molar-refractivity contribution in [3.05, 3.63) is 65.5 Å². The van der Waals surface area contributed by atoms with E-state index in [1.165, 1.54) is 37.5 Å². The first kappa shape index (κ1) is 16.2. The number of carbonyl (C=O) groups excluding carboxylic acids is 2. The number of nitrogens with one attached hydrogen (secondary N) is 1. The summed E-state index contributed by atoms with van der Waals surface area (Å²) in [4.78, 5) is 23.6. The molecule has 0 aromatic heterocycles. The molecule has 0 saturated heterocycles. The lowest BCUT2D eigenvalue weighted by Crippen LogP contribution is -2.12. The molecule has 0 radical (unpaired) electrons. The maximum atomic E-state index is 13.1.